The van der Waals surface area contributed by atoms with Crippen molar-refractivity contribution in [2.75, 3.05) is 19.6 Å². The van der Waals surface area contributed by atoms with Crippen molar-refractivity contribution >= 4 is 0 Å². The average Bonchev–Trinajstić information content (AvgIpc) is 2.07. The molecule has 0 aromatic rings. The number of nitrogens with zero attached hydrogens (tertiary/aromatic N) is 1. The van der Waals surface area contributed by atoms with Crippen LogP contribution in [0.25, 0.3) is 0 Å². The molecule has 2 heteroatoms. The zero-order chi connectivity index (χ0) is 7.57. The van der Waals surface area contributed by atoms with Crippen molar-refractivity contribution in [3.63, 3.8) is 0 Å². The van der Waals surface area contributed by atoms with E-state index in [2.05, 4.69) is 22.8 Å². The van der Waals surface area contributed by atoms with Crippen LogP contribution in [0, 0.1) is 0 Å². The molecule has 1 radical (unpaired) electrons. The first-order valence-corrected chi connectivity index (χ1v) is 4.45. The van der Waals surface area contributed by atoms with Gasteiger partial charge in [0.05, 0.1) is 0 Å². The molecule has 0 aromatic carbocycles. The summed E-state index contributed by atoms with van der Waals surface area (Å²) in [5.41, 5.74) is 0.354. The van der Waals surface area contributed by atoms with Crippen molar-refractivity contribution in [3.8, 4) is 0 Å². The molecule has 1 unspecified atom stereocenters. The Bertz CT molecular complexity index is 157. The third kappa shape index (κ3) is 1.47. The molecule has 1 atom stereocenters. The zero-order valence-electron chi connectivity index (χ0n) is 6.84. The quantitative estimate of drug-likeness (QED) is 0.506. The molecule has 1 fully saturated rings. The molecule has 2 rings (SSSR count). The summed E-state index contributed by atoms with van der Waals surface area (Å²) in [6, 6.07) is 0. The van der Waals surface area contributed by atoms with Crippen LogP contribution in [0.3, 0.4) is 0 Å². The molecule has 2 heterocycles. The number of hydrogen-bond donors (Lipinski definition) is 1. The lowest BCUT2D eigenvalue weighted by Gasteiger charge is -2.38. The van der Waals surface area contributed by atoms with Crippen LogP contribution in [0.15, 0.2) is 12.2 Å². The predicted octanol–water partition coefficient (Wildman–Crippen LogP) is 0.673. The highest BCUT2D eigenvalue weighted by Gasteiger charge is 2.31. The van der Waals surface area contributed by atoms with Crippen molar-refractivity contribution in [2.45, 2.75) is 24.8 Å². The molecule has 1 spiro atoms. The second-order valence-electron chi connectivity index (χ2n) is 3.55. The van der Waals surface area contributed by atoms with Crippen LogP contribution in [-0.4, -0.2) is 25.2 Å². The SMILES string of the molecule is C1=CCC2(CCC[N]C2)NC1. The second kappa shape index (κ2) is 2.95. The van der Waals surface area contributed by atoms with Gasteiger partial charge in [0.1, 0.15) is 0 Å². The molecule has 2 nitrogen and oxygen atoms in total. The Morgan fingerprint density at radius 3 is 3.00 bits per heavy atom. The fourth-order valence-corrected chi connectivity index (χ4v) is 1.95. The van der Waals surface area contributed by atoms with E-state index >= 15 is 0 Å². The molecule has 1 saturated heterocycles. The lowest BCUT2D eigenvalue weighted by Crippen LogP contribution is -2.54. The summed E-state index contributed by atoms with van der Waals surface area (Å²) in [7, 11) is 0. The molecule has 2 aliphatic heterocycles. The van der Waals surface area contributed by atoms with Crippen molar-refractivity contribution in [2.24, 2.45) is 0 Å². The van der Waals surface area contributed by atoms with E-state index in [0.717, 1.165) is 19.6 Å². The second-order valence-corrected chi connectivity index (χ2v) is 3.55. The Morgan fingerprint density at radius 2 is 2.36 bits per heavy atom. The average molecular weight is 151 g/mol. The first-order valence-electron chi connectivity index (χ1n) is 4.45. The van der Waals surface area contributed by atoms with E-state index in [9.17, 15) is 0 Å². The van der Waals surface area contributed by atoms with E-state index in [1.54, 1.807) is 0 Å². The van der Waals surface area contributed by atoms with Crippen LogP contribution in [0.2, 0.25) is 0 Å². The van der Waals surface area contributed by atoms with Crippen molar-refractivity contribution in [1.82, 2.24) is 10.6 Å². The van der Waals surface area contributed by atoms with Gasteiger partial charge in [-0.25, -0.2) is 5.32 Å². The number of hydrogen-bond acceptors (Lipinski definition) is 1. The Hall–Kier alpha value is -0.340. The van der Waals surface area contributed by atoms with Gasteiger partial charge in [0.25, 0.3) is 0 Å². The van der Waals surface area contributed by atoms with Crippen LogP contribution < -0.4 is 10.6 Å². The van der Waals surface area contributed by atoms with Gasteiger partial charge < -0.3 is 5.32 Å². The maximum atomic E-state index is 4.46. The van der Waals surface area contributed by atoms with E-state index in [0.29, 0.717) is 5.54 Å². The van der Waals surface area contributed by atoms with Crippen LogP contribution in [0.1, 0.15) is 19.3 Å². The first-order chi connectivity index (χ1) is 5.41. The summed E-state index contributed by atoms with van der Waals surface area (Å²) in [6.45, 7) is 3.14. The van der Waals surface area contributed by atoms with Gasteiger partial charge in [-0.05, 0) is 19.3 Å². The third-order valence-electron chi connectivity index (χ3n) is 2.66. The Labute approximate surface area is 68.1 Å². The summed E-state index contributed by atoms with van der Waals surface area (Å²) >= 11 is 0. The van der Waals surface area contributed by atoms with Gasteiger partial charge in [0.15, 0.2) is 0 Å². The molecule has 61 valence electrons. The molecule has 0 amide bonds. The zero-order valence-corrected chi connectivity index (χ0v) is 6.84. The van der Waals surface area contributed by atoms with Crippen molar-refractivity contribution in [3.05, 3.63) is 12.2 Å². The topological polar surface area (TPSA) is 26.1 Å². The van der Waals surface area contributed by atoms with Gasteiger partial charge in [0, 0.05) is 25.2 Å². The first kappa shape index (κ1) is 7.32. The molecule has 0 aromatic heterocycles. The maximum absolute atomic E-state index is 4.46. The largest absolute Gasteiger partial charge is 0.306 e. The molecule has 1 N–H and O–H groups in total. The highest BCUT2D eigenvalue weighted by atomic mass is 15.1. The maximum Gasteiger partial charge on any atom is 0.0360 e. The van der Waals surface area contributed by atoms with Crippen LogP contribution in [0.5, 0.6) is 0 Å². The lowest BCUT2D eigenvalue weighted by molar-refractivity contribution is 0.248. The van der Waals surface area contributed by atoms with Gasteiger partial charge >= 0.3 is 0 Å². The fraction of sp³-hybridized carbons (Fsp3) is 0.778. The molecule has 2 aliphatic rings. The predicted molar refractivity (Wildman–Crippen MR) is 45.6 cm³/mol. The van der Waals surface area contributed by atoms with E-state index < -0.39 is 0 Å². The molecular weight excluding hydrogens is 136 g/mol. The van der Waals surface area contributed by atoms with E-state index in [-0.39, 0.29) is 0 Å². The van der Waals surface area contributed by atoms with Gasteiger partial charge in [0.2, 0.25) is 0 Å². The summed E-state index contributed by atoms with van der Waals surface area (Å²) in [6.07, 6.45) is 8.25. The molecule has 0 saturated carbocycles. The Balaban J connectivity index is 2.01. The lowest BCUT2D eigenvalue weighted by atomic mass is 9.85. The number of nitrogens with one attached hydrogen (secondary N) is 1. The third-order valence-corrected chi connectivity index (χ3v) is 2.66. The minimum absolute atomic E-state index is 0.354. The van der Waals surface area contributed by atoms with Crippen LogP contribution in [0.4, 0.5) is 0 Å². The van der Waals surface area contributed by atoms with Gasteiger partial charge in [-0.15, -0.1) is 0 Å². The summed E-state index contributed by atoms with van der Waals surface area (Å²) in [5.74, 6) is 0. The van der Waals surface area contributed by atoms with Gasteiger partial charge in [-0.3, -0.25) is 0 Å². The normalized spacial score (nSPS) is 37.8. The molecule has 0 bridgehead atoms. The monoisotopic (exact) mass is 151 g/mol. The highest BCUT2D eigenvalue weighted by Crippen LogP contribution is 2.23. The van der Waals surface area contributed by atoms with Gasteiger partial charge in [-0.2, -0.15) is 0 Å². The standard InChI is InChI=1S/C9H15N2/c1-2-7-11-9(4-1)5-3-6-10-8-9/h1-2,11H,3-8H2. The minimum atomic E-state index is 0.354. The summed E-state index contributed by atoms with van der Waals surface area (Å²) in [5, 5.41) is 8.01. The highest BCUT2D eigenvalue weighted by molar-refractivity contribution is 5.05. The minimum Gasteiger partial charge on any atom is -0.306 e. The van der Waals surface area contributed by atoms with E-state index in [1.165, 1.54) is 19.3 Å². The van der Waals surface area contributed by atoms with Gasteiger partial charge in [-0.1, -0.05) is 12.2 Å². The van der Waals surface area contributed by atoms with E-state index in [1.807, 2.05) is 0 Å². The number of piperidine rings is 1. The molecular formula is C9H15N2. The number of rotatable bonds is 0. The smallest absolute Gasteiger partial charge is 0.0360 e. The van der Waals surface area contributed by atoms with Crippen LogP contribution >= 0.6 is 0 Å². The Morgan fingerprint density at radius 1 is 1.36 bits per heavy atom. The summed E-state index contributed by atoms with van der Waals surface area (Å²) < 4.78 is 0. The fourth-order valence-electron chi connectivity index (χ4n) is 1.95. The molecule has 0 aliphatic carbocycles. The van der Waals surface area contributed by atoms with Crippen molar-refractivity contribution < 1.29 is 0 Å². The van der Waals surface area contributed by atoms with Crippen LogP contribution in [-0.2, 0) is 0 Å². The summed E-state index contributed by atoms with van der Waals surface area (Å²) in [4.78, 5) is 0. The Kier molecular flexibility index (Phi) is 1.96. The van der Waals surface area contributed by atoms with E-state index in [4.69, 9.17) is 0 Å². The molecule has 11 heavy (non-hydrogen) atoms. The van der Waals surface area contributed by atoms with Crippen molar-refractivity contribution in [1.29, 1.82) is 0 Å².